The molecule has 1 N–H and O–H groups in total. The summed E-state index contributed by atoms with van der Waals surface area (Å²) in [4.78, 5) is 24.7. The van der Waals surface area contributed by atoms with Crippen molar-refractivity contribution in [1.82, 2.24) is 5.32 Å². The van der Waals surface area contributed by atoms with Crippen LogP contribution >= 0.6 is 11.6 Å². The third-order valence-corrected chi connectivity index (χ3v) is 5.97. The fourth-order valence-corrected chi connectivity index (χ4v) is 4.73. The molecule has 2 aliphatic carbocycles. The minimum Gasteiger partial charge on any atom is -0.422 e. The Morgan fingerprint density at radius 2 is 2.12 bits per heavy atom. The average Bonchev–Trinajstić information content (AvgIpc) is 3.17. The summed E-state index contributed by atoms with van der Waals surface area (Å²) < 4.78 is 5.25. The topological polar surface area (TPSA) is 59.3 Å². The van der Waals surface area contributed by atoms with Crippen LogP contribution in [0.2, 0.25) is 5.02 Å². The van der Waals surface area contributed by atoms with E-state index in [0.717, 1.165) is 11.8 Å². The smallest absolute Gasteiger partial charge is 0.349 e. The van der Waals surface area contributed by atoms with Gasteiger partial charge in [0, 0.05) is 16.5 Å². The Bertz CT molecular complexity index is 859. The van der Waals surface area contributed by atoms with Crippen molar-refractivity contribution in [2.75, 3.05) is 0 Å². The first-order valence-corrected chi connectivity index (χ1v) is 8.93. The normalized spacial score (nSPS) is 26.7. The van der Waals surface area contributed by atoms with E-state index in [4.69, 9.17) is 16.0 Å². The quantitative estimate of drug-likeness (QED) is 0.855. The monoisotopic (exact) mass is 345 g/mol. The number of nitrogens with one attached hydrogen (secondary N) is 1. The standard InChI is InChI=1S/C19H20ClNO3/c1-10(15-7-11-2-3-12(15)6-11)21-18(22)16-9-13-8-14(20)4-5-17(13)24-19(16)23/h4-5,8-12,15H,2-3,6-7H2,1H3,(H,21,22)/t10-,11+,12+,15+/m1/s1. The van der Waals surface area contributed by atoms with Gasteiger partial charge in [-0.3, -0.25) is 4.79 Å². The van der Waals surface area contributed by atoms with Gasteiger partial charge in [0.25, 0.3) is 5.91 Å². The molecule has 0 spiro atoms. The molecule has 0 aliphatic heterocycles. The largest absolute Gasteiger partial charge is 0.422 e. The number of rotatable bonds is 3. The van der Waals surface area contributed by atoms with Crippen molar-refractivity contribution in [2.24, 2.45) is 17.8 Å². The highest BCUT2D eigenvalue weighted by Gasteiger charge is 2.42. The summed E-state index contributed by atoms with van der Waals surface area (Å²) >= 11 is 5.98. The summed E-state index contributed by atoms with van der Waals surface area (Å²) in [5.74, 6) is 1.71. The first kappa shape index (κ1) is 15.7. The molecule has 0 saturated heterocycles. The lowest BCUT2D eigenvalue weighted by Crippen LogP contribution is -2.41. The Labute approximate surface area is 145 Å². The minimum atomic E-state index is -0.609. The zero-order valence-electron chi connectivity index (χ0n) is 13.5. The number of hydrogen-bond acceptors (Lipinski definition) is 3. The molecule has 1 aromatic carbocycles. The van der Waals surface area contributed by atoms with Crippen molar-refractivity contribution in [3.63, 3.8) is 0 Å². The van der Waals surface area contributed by atoms with Crippen LogP contribution in [0, 0.1) is 17.8 Å². The highest BCUT2D eigenvalue weighted by Crippen LogP contribution is 2.49. The molecule has 2 aromatic rings. The van der Waals surface area contributed by atoms with E-state index >= 15 is 0 Å². The van der Waals surface area contributed by atoms with Crippen LogP contribution in [0.25, 0.3) is 11.0 Å². The van der Waals surface area contributed by atoms with Gasteiger partial charge in [0.05, 0.1) is 0 Å². The number of halogens is 1. The number of hydrogen-bond donors (Lipinski definition) is 1. The van der Waals surface area contributed by atoms with Gasteiger partial charge >= 0.3 is 5.63 Å². The fraction of sp³-hybridized carbons (Fsp3) is 0.474. The Hall–Kier alpha value is -1.81. The molecule has 4 rings (SSSR count). The maximum Gasteiger partial charge on any atom is 0.349 e. The number of carbonyl (C=O) groups excluding carboxylic acids is 1. The van der Waals surface area contributed by atoms with Gasteiger partial charge in [0.1, 0.15) is 11.1 Å². The van der Waals surface area contributed by atoms with E-state index in [2.05, 4.69) is 5.32 Å². The van der Waals surface area contributed by atoms with Gasteiger partial charge in [0.2, 0.25) is 0 Å². The molecule has 1 amide bonds. The van der Waals surface area contributed by atoms with Gasteiger partial charge in [-0.15, -0.1) is 0 Å². The van der Waals surface area contributed by atoms with E-state index in [0.29, 0.717) is 21.9 Å². The molecular formula is C19H20ClNO3. The summed E-state index contributed by atoms with van der Waals surface area (Å²) in [5, 5.41) is 4.20. The molecule has 1 aromatic heterocycles. The zero-order chi connectivity index (χ0) is 16.8. The minimum absolute atomic E-state index is 0.0415. The van der Waals surface area contributed by atoms with Crippen molar-refractivity contribution in [2.45, 2.75) is 38.6 Å². The second-order valence-corrected chi connectivity index (χ2v) is 7.67. The fourth-order valence-electron chi connectivity index (χ4n) is 4.55. The molecule has 2 fully saturated rings. The van der Waals surface area contributed by atoms with Gasteiger partial charge < -0.3 is 9.73 Å². The number of amides is 1. The Kier molecular flexibility index (Phi) is 3.87. The van der Waals surface area contributed by atoms with Crippen LogP contribution < -0.4 is 10.9 Å². The van der Waals surface area contributed by atoms with Gasteiger partial charge in [-0.2, -0.15) is 0 Å². The lowest BCUT2D eigenvalue weighted by molar-refractivity contribution is 0.0911. The second kappa shape index (κ2) is 5.92. The summed E-state index contributed by atoms with van der Waals surface area (Å²) in [6, 6.07) is 6.62. The molecule has 126 valence electrons. The van der Waals surface area contributed by atoms with Crippen LogP contribution in [0.1, 0.15) is 43.0 Å². The van der Waals surface area contributed by atoms with Crippen LogP contribution in [-0.2, 0) is 0 Å². The van der Waals surface area contributed by atoms with Gasteiger partial charge in [0.15, 0.2) is 0 Å². The van der Waals surface area contributed by atoms with E-state index in [1.165, 1.54) is 25.7 Å². The predicted molar refractivity (Wildman–Crippen MR) is 93.4 cm³/mol. The zero-order valence-corrected chi connectivity index (χ0v) is 14.3. The van der Waals surface area contributed by atoms with Crippen molar-refractivity contribution < 1.29 is 9.21 Å². The number of carbonyl (C=O) groups is 1. The second-order valence-electron chi connectivity index (χ2n) is 7.23. The number of fused-ring (bicyclic) bond motifs is 3. The molecule has 24 heavy (non-hydrogen) atoms. The summed E-state index contributed by atoms with van der Waals surface area (Å²) in [5.41, 5.74) is -0.135. The van der Waals surface area contributed by atoms with Gasteiger partial charge in [-0.1, -0.05) is 18.0 Å². The van der Waals surface area contributed by atoms with Crippen LogP contribution in [0.4, 0.5) is 0 Å². The first-order chi connectivity index (χ1) is 11.5. The van der Waals surface area contributed by atoms with Crippen LogP contribution in [0.5, 0.6) is 0 Å². The van der Waals surface area contributed by atoms with Crippen molar-refractivity contribution in [1.29, 1.82) is 0 Å². The summed E-state index contributed by atoms with van der Waals surface area (Å²) in [7, 11) is 0. The maximum absolute atomic E-state index is 12.6. The van der Waals surface area contributed by atoms with Crippen molar-refractivity contribution in [3.05, 3.63) is 45.3 Å². The van der Waals surface area contributed by atoms with E-state index in [9.17, 15) is 9.59 Å². The molecule has 4 nitrogen and oxygen atoms in total. The van der Waals surface area contributed by atoms with Crippen molar-refractivity contribution >= 4 is 28.5 Å². The van der Waals surface area contributed by atoms with E-state index in [-0.39, 0.29) is 17.5 Å². The predicted octanol–water partition coefficient (Wildman–Crippen LogP) is 4.00. The van der Waals surface area contributed by atoms with Crippen LogP contribution in [0.15, 0.2) is 33.5 Å². The average molecular weight is 346 g/mol. The maximum atomic E-state index is 12.6. The molecule has 2 saturated carbocycles. The lowest BCUT2D eigenvalue weighted by atomic mass is 9.84. The van der Waals surface area contributed by atoms with Crippen LogP contribution in [0.3, 0.4) is 0 Å². The first-order valence-electron chi connectivity index (χ1n) is 8.55. The lowest BCUT2D eigenvalue weighted by Gasteiger charge is -2.28. The van der Waals surface area contributed by atoms with E-state index in [1.54, 1.807) is 24.3 Å². The van der Waals surface area contributed by atoms with Gasteiger partial charge in [-0.05, 0) is 68.2 Å². The molecule has 4 atom stereocenters. The molecular weight excluding hydrogens is 326 g/mol. The molecule has 5 heteroatoms. The highest BCUT2D eigenvalue weighted by molar-refractivity contribution is 6.31. The molecule has 2 aliphatic rings. The highest BCUT2D eigenvalue weighted by atomic mass is 35.5. The molecule has 1 heterocycles. The van der Waals surface area contributed by atoms with Crippen LogP contribution in [-0.4, -0.2) is 11.9 Å². The Balaban J connectivity index is 1.56. The molecule has 0 unspecified atom stereocenters. The Morgan fingerprint density at radius 1 is 1.29 bits per heavy atom. The third kappa shape index (κ3) is 2.73. The van der Waals surface area contributed by atoms with Gasteiger partial charge in [-0.25, -0.2) is 4.79 Å². The van der Waals surface area contributed by atoms with Crippen molar-refractivity contribution in [3.8, 4) is 0 Å². The Morgan fingerprint density at radius 3 is 2.83 bits per heavy atom. The molecule has 2 bridgehead atoms. The number of benzene rings is 1. The third-order valence-electron chi connectivity index (χ3n) is 5.73. The van der Waals surface area contributed by atoms with E-state index in [1.807, 2.05) is 6.92 Å². The SMILES string of the molecule is C[C@@H](NC(=O)c1cc2cc(Cl)ccc2oc1=O)[C@@H]1C[C@H]2CC[C@H]1C2. The summed E-state index contributed by atoms with van der Waals surface area (Å²) in [6.45, 7) is 2.04. The summed E-state index contributed by atoms with van der Waals surface area (Å²) in [6.07, 6.45) is 5.08. The molecule has 0 radical (unpaired) electrons. The van der Waals surface area contributed by atoms with E-state index < -0.39 is 5.63 Å².